The highest BCUT2D eigenvalue weighted by Gasteiger charge is 2.35. The highest BCUT2D eigenvalue weighted by Crippen LogP contribution is 2.27. The van der Waals surface area contributed by atoms with Crippen molar-refractivity contribution in [3.05, 3.63) is 95.0 Å². The Morgan fingerprint density at radius 1 is 1.03 bits per heavy atom. The summed E-state index contributed by atoms with van der Waals surface area (Å²) in [4.78, 5) is 31.4. The van der Waals surface area contributed by atoms with Crippen molar-refractivity contribution in [3.8, 4) is 5.75 Å². The molecule has 1 aliphatic heterocycles. The van der Waals surface area contributed by atoms with E-state index in [0.29, 0.717) is 23.6 Å². The fourth-order valence-corrected chi connectivity index (χ4v) is 5.21. The molecule has 200 valence electrons. The molecule has 1 saturated heterocycles. The molecule has 2 atom stereocenters. The van der Waals surface area contributed by atoms with Crippen molar-refractivity contribution >= 4 is 29.0 Å². The number of amides is 1. The van der Waals surface area contributed by atoms with E-state index in [9.17, 15) is 9.59 Å². The summed E-state index contributed by atoms with van der Waals surface area (Å²) in [7, 11) is 0. The Balaban J connectivity index is 1.45. The number of anilines is 1. The second-order valence-corrected chi connectivity index (χ2v) is 10.3. The molecular formula is C31H36ClN3O3. The average Bonchev–Trinajstić information content (AvgIpc) is 2.95. The number of rotatable bonds is 10. The fraction of sp³-hybridized carbons (Fsp3) is 0.355. The maximum atomic E-state index is 13.7. The number of hydrogen-bond donors (Lipinski definition) is 1. The van der Waals surface area contributed by atoms with Gasteiger partial charge in [-0.15, -0.1) is 0 Å². The van der Waals surface area contributed by atoms with Gasteiger partial charge in [0, 0.05) is 22.8 Å². The maximum absolute atomic E-state index is 13.7. The van der Waals surface area contributed by atoms with Gasteiger partial charge in [0.1, 0.15) is 5.75 Å². The number of piperidine rings is 1. The summed E-state index contributed by atoms with van der Waals surface area (Å²) in [5, 5.41) is 0.732. The van der Waals surface area contributed by atoms with Crippen molar-refractivity contribution in [2.45, 2.75) is 45.3 Å². The van der Waals surface area contributed by atoms with Gasteiger partial charge in [0.05, 0.1) is 18.7 Å². The van der Waals surface area contributed by atoms with Gasteiger partial charge in [-0.2, -0.15) is 0 Å². The SMILES string of the molecule is CCOc1cccc(C(=O)N(c2ccccc2)C(C)C(=O)C(N)C2CCN(Cc3ccc(Cl)cc3)CC2)c1. The van der Waals surface area contributed by atoms with E-state index in [4.69, 9.17) is 22.1 Å². The summed E-state index contributed by atoms with van der Waals surface area (Å²) in [6, 6.07) is 22.9. The van der Waals surface area contributed by atoms with Gasteiger partial charge in [-0.25, -0.2) is 0 Å². The number of para-hydroxylation sites is 1. The van der Waals surface area contributed by atoms with E-state index in [1.807, 2.05) is 67.6 Å². The van der Waals surface area contributed by atoms with Gasteiger partial charge in [0.15, 0.2) is 5.78 Å². The predicted octanol–water partition coefficient (Wildman–Crippen LogP) is 5.58. The average molecular weight is 534 g/mol. The molecule has 0 aromatic heterocycles. The standard InChI is InChI=1S/C31H36ClN3O3/c1-3-38-28-11-7-8-25(20-28)31(37)35(27-9-5-4-6-10-27)22(2)30(36)29(33)24-16-18-34(19-17-24)21-23-12-14-26(32)15-13-23/h4-15,20,22,24,29H,3,16-19,21,33H2,1-2H3. The molecule has 1 fully saturated rings. The van der Waals surface area contributed by atoms with E-state index < -0.39 is 12.1 Å². The van der Waals surface area contributed by atoms with Crippen LogP contribution in [0.3, 0.4) is 0 Å². The molecule has 0 bridgehead atoms. The van der Waals surface area contributed by atoms with Gasteiger partial charge in [-0.05, 0) is 93.7 Å². The Kier molecular flexibility index (Phi) is 9.56. The number of halogens is 1. The van der Waals surface area contributed by atoms with Crippen LogP contribution >= 0.6 is 11.6 Å². The van der Waals surface area contributed by atoms with Crippen molar-refractivity contribution in [3.63, 3.8) is 0 Å². The molecule has 1 amide bonds. The van der Waals surface area contributed by atoms with Gasteiger partial charge in [-0.1, -0.05) is 48.0 Å². The molecule has 1 aliphatic rings. The number of benzene rings is 3. The summed E-state index contributed by atoms with van der Waals surface area (Å²) in [5.74, 6) is 0.302. The number of likely N-dealkylation sites (tertiary alicyclic amines) is 1. The Labute approximate surface area is 230 Å². The van der Waals surface area contributed by atoms with Gasteiger partial charge in [0.2, 0.25) is 0 Å². The smallest absolute Gasteiger partial charge is 0.259 e. The van der Waals surface area contributed by atoms with Crippen molar-refractivity contribution in [1.29, 1.82) is 0 Å². The lowest BCUT2D eigenvalue weighted by Gasteiger charge is -2.36. The van der Waals surface area contributed by atoms with Crippen LogP contribution in [0.4, 0.5) is 5.69 Å². The van der Waals surface area contributed by atoms with E-state index in [0.717, 1.165) is 37.5 Å². The molecule has 3 aromatic carbocycles. The topological polar surface area (TPSA) is 75.9 Å². The van der Waals surface area contributed by atoms with Crippen LogP contribution in [0.1, 0.15) is 42.6 Å². The summed E-state index contributed by atoms with van der Waals surface area (Å²) in [6.07, 6.45) is 1.67. The van der Waals surface area contributed by atoms with Crippen molar-refractivity contribution in [1.82, 2.24) is 4.90 Å². The molecule has 6 nitrogen and oxygen atoms in total. The first kappa shape index (κ1) is 27.8. The van der Waals surface area contributed by atoms with Gasteiger partial charge in [0.25, 0.3) is 5.91 Å². The fourth-order valence-electron chi connectivity index (χ4n) is 5.09. The van der Waals surface area contributed by atoms with E-state index >= 15 is 0 Å². The third-order valence-corrected chi connectivity index (χ3v) is 7.48. The van der Waals surface area contributed by atoms with Crippen LogP contribution in [0.25, 0.3) is 0 Å². The Morgan fingerprint density at radius 3 is 2.37 bits per heavy atom. The lowest BCUT2D eigenvalue weighted by atomic mass is 9.85. The van der Waals surface area contributed by atoms with Crippen molar-refractivity contribution in [2.75, 3.05) is 24.6 Å². The van der Waals surface area contributed by atoms with Crippen LogP contribution in [0.15, 0.2) is 78.9 Å². The molecule has 38 heavy (non-hydrogen) atoms. The molecule has 3 aromatic rings. The third-order valence-electron chi connectivity index (χ3n) is 7.23. The zero-order valence-corrected chi connectivity index (χ0v) is 22.8. The van der Waals surface area contributed by atoms with Crippen molar-refractivity contribution in [2.24, 2.45) is 11.7 Å². The molecule has 0 aliphatic carbocycles. The monoisotopic (exact) mass is 533 g/mol. The van der Waals surface area contributed by atoms with E-state index in [1.165, 1.54) is 5.56 Å². The lowest BCUT2D eigenvalue weighted by molar-refractivity contribution is -0.122. The highest BCUT2D eigenvalue weighted by molar-refractivity contribution is 6.30. The zero-order valence-electron chi connectivity index (χ0n) is 22.1. The zero-order chi connectivity index (χ0) is 27.1. The summed E-state index contributed by atoms with van der Waals surface area (Å²) in [6.45, 7) is 6.76. The van der Waals surface area contributed by atoms with Gasteiger partial charge >= 0.3 is 0 Å². The van der Waals surface area contributed by atoms with E-state index in [2.05, 4.69) is 4.90 Å². The number of nitrogens with zero attached hydrogens (tertiary/aromatic N) is 2. The molecular weight excluding hydrogens is 498 g/mol. The third kappa shape index (κ3) is 6.81. The number of ether oxygens (including phenoxy) is 1. The Morgan fingerprint density at radius 2 is 1.71 bits per heavy atom. The normalized spacial score (nSPS) is 16.0. The molecule has 0 saturated carbocycles. The number of nitrogens with two attached hydrogens (primary N) is 1. The number of carbonyl (C=O) groups excluding carboxylic acids is 2. The number of ketones is 1. The second kappa shape index (κ2) is 13.1. The molecule has 2 N–H and O–H groups in total. The Bertz CT molecular complexity index is 1210. The quantitative estimate of drug-likeness (QED) is 0.368. The van der Waals surface area contributed by atoms with Crippen LogP contribution in [-0.4, -0.2) is 48.4 Å². The van der Waals surface area contributed by atoms with Crippen LogP contribution < -0.4 is 15.4 Å². The number of carbonyl (C=O) groups is 2. The van der Waals surface area contributed by atoms with Crippen LogP contribution in [-0.2, 0) is 11.3 Å². The first-order chi connectivity index (χ1) is 18.4. The molecule has 0 spiro atoms. The molecule has 7 heteroatoms. The van der Waals surface area contributed by atoms with Crippen LogP contribution in [0, 0.1) is 5.92 Å². The predicted molar refractivity (Wildman–Crippen MR) is 153 cm³/mol. The molecule has 1 heterocycles. The minimum atomic E-state index is -0.720. The molecule has 0 radical (unpaired) electrons. The van der Waals surface area contributed by atoms with Crippen LogP contribution in [0.5, 0.6) is 5.75 Å². The minimum Gasteiger partial charge on any atom is -0.494 e. The largest absolute Gasteiger partial charge is 0.494 e. The molecule has 4 rings (SSSR count). The second-order valence-electron chi connectivity index (χ2n) is 9.82. The minimum absolute atomic E-state index is 0.0698. The first-order valence-electron chi connectivity index (χ1n) is 13.2. The lowest BCUT2D eigenvalue weighted by Crippen LogP contribution is -2.53. The summed E-state index contributed by atoms with van der Waals surface area (Å²) < 4.78 is 5.59. The first-order valence-corrected chi connectivity index (χ1v) is 13.6. The van der Waals surface area contributed by atoms with Gasteiger partial charge in [-0.3, -0.25) is 19.4 Å². The number of Topliss-reactive ketones (excluding diaryl/α,β-unsaturated/α-hetero) is 1. The number of hydrogen-bond acceptors (Lipinski definition) is 5. The van der Waals surface area contributed by atoms with E-state index in [1.54, 1.807) is 30.0 Å². The van der Waals surface area contributed by atoms with E-state index in [-0.39, 0.29) is 17.6 Å². The summed E-state index contributed by atoms with van der Waals surface area (Å²) >= 11 is 6.01. The van der Waals surface area contributed by atoms with Crippen LogP contribution in [0.2, 0.25) is 5.02 Å². The maximum Gasteiger partial charge on any atom is 0.259 e. The Hall–Kier alpha value is -3.19. The van der Waals surface area contributed by atoms with Gasteiger partial charge < -0.3 is 10.5 Å². The highest BCUT2D eigenvalue weighted by atomic mass is 35.5. The summed E-state index contributed by atoms with van der Waals surface area (Å²) in [5.41, 5.74) is 8.92. The molecule has 2 unspecified atom stereocenters. The van der Waals surface area contributed by atoms with Crippen molar-refractivity contribution < 1.29 is 14.3 Å².